The Morgan fingerprint density at radius 3 is 2.39 bits per heavy atom. The topological polar surface area (TPSA) is 51.2 Å². The highest BCUT2D eigenvalue weighted by molar-refractivity contribution is 5.69. The lowest BCUT2D eigenvalue weighted by molar-refractivity contribution is -0.0639. The van der Waals surface area contributed by atoms with E-state index >= 15 is 0 Å². The quantitative estimate of drug-likeness (QED) is 0.796. The number of likely N-dealkylation sites (tertiary alicyclic amines) is 1. The van der Waals surface area contributed by atoms with Crippen molar-refractivity contribution in [3.05, 3.63) is 0 Å². The maximum atomic E-state index is 12.6. The van der Waals surface area contributed by atoms with Gasteiger partial charge >= 0.3 is 6.09 Å². The largest absolute Gasteiger partial charge is 0.444 e. The SMILES string of the molecule is COC1CCN(C[C@@H]2COC(C)(C)N2C(=O)OC(C)(C)C)CC1. The van der Waals surface area contributed by atoms with Gasteiger partial charge in [-0.3, -0.25) is 4.90 Å². The molecule has 1 atom stereocenters. The first kappa shape index (κ1) is 18.5. The minimum atomic E-state index is -0.627. The van der Waals surface area contributed by atoms with Crippen LogP contribution in [0.2, 0.25) is 0 Å². The summed E-state index contributed by atoms with van der Waals surface area (Å²) in [4.78, 5) is 16.8. The van der Waals surface area contributed by atoms with Crippen LogP contribution in [-0.4, -0.2) is 72.7 Å². The van der Waals surface area contributed by atoms with Crippen molar-refractivity contribution in [3.63, 3.8) is 0 Å². The Bertz CT molecular complexity index is 411. The van der Waals surface area contributed by atoms with Crippen LogP contribution < -0.4 is 0 Å². The second-order valence-corrected chi connectivity index (χ2v) is 8.00. The van der Waals surface area contributed by atoms with Gasteiger partial charge in [0.2, 0.25) is 0 Å². The molecule has 2 aliphatic rings. The van der Waals surface area contributed by atoms with Crippen LogP contribution in [0.5, 0.6) is 0 Å². The zero-order valence-corrected chi connectivity index (χ0v) is 15.4. The van der Waals surface area contributed by atoms with E-state index in [1.165, 1.54) is 0 Å². The van der Waals surface area contributed by atoms with Crippen molar-refractivity contribution in [1.82, 2.24) is 9.80 Å². The van der Waals surface area contributed by atoms with Gasteiger partial charge in [-0.1, -0.05) is 0 Å². The zero-order chi connectivity index (χ0) is 17.3. The first-order valence-electron chi connectivity index (χ1n) is 8.54. The van der Waals surface area contributed by atoms with E-state index in [0.29, 0.717) is 12.7 Å². The van der Waals surface area contributed by atoms with Gasteiger partial charge in [-0.2, -0.15) is 0 Å². The number of ether oxygens (including phenoxy) is 3. The van der Waals surface area contributed by atoms with Gasteiger partial charge < -0.3 is 19.1 Å². The highest BCUT2D eigenvalue weighted by Gasteiger charge is 2.46. The van der Waals surface area contributed by atoms with E-state index in [1.54, 1.807) is 12.0 Å². The Kier molecular flexibility index (Phi) is 5.59. The molecule has 0 aliphatic carbocycles. The molecule has 134 valence electrons. The van der Waals surface area contributed by atoms with Gasteiger partial charge in [0.1, 0.15) is 11.3 Å². The summed E-state index contributed by atoms with van der Waals surface area (Å²) in [5, 5.41) is 0. The molecule has 2 rings (SSSR count). The fourth-order valence-corrected chi connectivity index (χ4v) is 3.32. The smallest absolute Gasteiger partial charge is 0.412 e. The fraction of sp³-hybridized carbons (Fsp3) is 0.941. The first-order chi connectivity index (χ1) is 10.6. The predicted octanol–water partition coefficient (Wildman–Crippen LogP) is 2.47. The van der Waals surface area contributed by atoms with E-state index in [4.69, 9.17) is 14.2 Å². The molecule has 2 heterocycles. The molecule has 2 aliphatic heterocycles. The van der Waals surface area contributed by atoms with E-state index in [9.17, 15) is 4.79 Å². The highest BCUT2D eigenvalue weighted by atomic mass is 16.6. The molecule has 0 N–H and O–H groups in total. The van der Waals surface area contributed by atoms with E-state index < -0.39 is 11.3 Å². The highest BCUT2D eigenvalue weighted by Crippen LogP contribution is 2.30. The first-order valence-corrected chi connectivity index (χ1v) is 8.54. The van der Waals surface area contributed by atoms with Crippen LogP contribution in [0.25, 0.3) is 0 Å². The molecule has 0 bridgehead atoms. The van der Waals surface area contributed by atoms with Crippen molar-refractivity contribution >= 4 is 6.09 Å². The molecular formula is C17H32N2O4. The standard InChI is InChI=1S/C17H32N2O4/c1-16(2,3)23-15(20)19-13(12-22-17(19,4)5)11-18-9-7-14(21-6)8-10-18/h13-14H,7-12H2,1-6H3/t13-/m1/s1. The zero-order valence-electron chi connectivity index (χ0n) is 15.4. The van der Waals surface area contributed by atoms with E-state index in [0.717, 1.165) is 32.5 Å². The summed E-state index contributed by atoms with van der Waals surface area (Å²) in [6.07, 6.45) is 2.15. The predicted molar refractivity (Wildman–Crippen MR) is 88.4 cm³/mol. The molecule has 0 aromatic heterocycles. The van der Waals surface area contributed by atoms with Gasteiger partial charge in [0.15, 0.2) is 0 Å². The number of rotatable bonds is 3. The van der Waals surface area contributed by atoms with Gasteiger partial charge in [-0.05, 0) is 47.5 Å². The molecule has 6 nitrogen and oxygen atoms in total. The van der Waals surface area contributed by atoms with Gasteiger partial charge in [0.05, 0.1) is 18.8 Å². The van der Waals surface area contributed by atoms with E-state index in [1.807, 2.05) is 34.6 Å². The van der Waals surface area contributed by atoms with Crippen LogP contribution >= 0.6 is 0 Å². The average Bonchev–Trinajstić information content (AvgIpc) is 2.72. The average molecular weight is 328 g/mol. The number of carbonyl (C=O) groups excluding carboxylic acids is 1. The molecule has 23 heavy (non-hydrogen) atoms. The third-order valence-corrected chi connectivity index (χ3v) is 4.50. The Balaban J connectivity index is 1.98. The lowest BCUT2D eigenvalue weighted by Crippen LogP contribution is -2.53. The number of methoxy groups -OCH3 is 1. The van der Waals surface area contributed by atoms with Gasteiger partial charge in [-0.25, -0.2) is 4.79 Å². The molecule has 0 aromatic carbocycles. The molecule has 6 heteroatoms. The van der Waals surface area contributed by atoms with Crippen molar-refractivity contribution in [1.29, 1.82) is 0 Å². The van der Waals surface area contributed by atoms with Crippen molar-refractivity contribution < 1.29 is 19.0 Å². The third-order valence-electron chi connectivity index (χ3n) is 4.50. The molecule has 0 saturated carbocycles. The number of carbonyl (C=O) groups is 1. The second kappa shape index (κ2) is 6.95. The van der Waals surface area contributed by atoms with Crippen LogP contribution in [0.4, 0.5) is 4.79 Å². The second-order valence-electron chi connectivity index (χ2n) is 8.00. The van der Waals surface area contributed by atoms with Crippen LogP contribution in [0.1, 0.15) is 47.5 Å². The van der Waals surface area contributed by atoms with Crippen LogP contribution in [0.15, 0.2) is 0 Å². The molecule has 0 spiro atoms. The molecule has 2 fully saturated rings. The van der Waals surface area contributed by atoms with E-state index in [-0.39, 0.29) is 12.1 Å². The van der Waals surface area contributed by atoms with Crippen LogP contribution in [0, 0.1) is 0 Å². The summed E-state index contributed by atoms with van der Waals surface area (Å²) < 4.78 is 16.9. The van der Waals surface area contributed by atoms with Gasteiger partial charge in [0, 0.05) is 26.7 Å². The molecule has 1 amide bonds. The van der Waals surface area contributed by atoms with Crippen molar-refractivity contribution in [3.8, 4) is 0 Å². The normalized spacial score (nSPS) is 26.5. The van der Waals surface area contributed by atoms with Crippen molar-refractivity contribution in [2.24, 2.45) is 0 Å². The summed E-state index contributed by atoms with van der Waals surface area (Å²) in [5.41, 5.74) is -1.13. The maximum Gasteiger partial charge on any atom is 0.412 e. The lowest BCUT2D eigenvalue weighted by atomic mass is 10.1. The number of nitrogens with zero attached hydrogens (tertiary/aromatic N) is 2. The summed E-state index contributed by atoms with van der Waals surface area (Å²) in [5.74, 6) is 0. The molecule has 2 saturated heterocycles. The van der Waals surface area contributed by atoms with Crippen LogP contribution in [0.3, 0.4) is 0 Å². The molecule has 0 aromatic rings. The Morgan fingerprint density at radius 1 is 1.26 bits per heavy atom. The molecule has 0 unspecified atom stereocenters. The number of hydrogen-bond acceptors (Lipinski definition) is 5. The molecular weight excluding hydrogens is 296 g/mol. The number of amides is 1. The monoisotopic (exact) mass is 328 g/mol. The third kappa shape index (κ3) is 4.81. The summed E-state index contributed by atoms with van der Waals surface area (Å²) in [6, 6.07) is 0.0268. The number of hydrogen-bond donors (Lipinski definition) is 0. The van der Waals surface area contributed by atoms with Crippen molar-refractivity contribution in [2.75, 3.05) is 33.4 Å². The maximum absolute atomic E-state index is 12.6. The number of piperidine rings is 1. The minimum Gasteiger partial charge on any atom is -0.444 e. The van der Waals surface area contributed by atoms with Gasteiger partial charge in [0.25, 0.3) is 0 Å². The minimum absolute atomic E-state index is 0.0268. The van der Waals surface area contributed by atoms with E-state index in [2.05, 4.69) is 4.90 Å². The Morgan fingerprint density at radius 2 is 1.87 bits per heavy atom. The molecule has 0 radical (unpaired) electrons. The summed E-state index contributed by atoms with van der Waals surface area (Å²) in [7, 11) is 1.78. The fourth-order valence-electron chi connectivity index (χ4n) is 3.32. The lowest BCUT2D eigenvalue weighted by Gasteiger charge is -2.38. The van der Waals surface area contributed by atoms with Crippen LogP contribution in [-0.2, 0) is 14.2 Å². The summed E-state index contributed by atoms with van der Waals surface area (Å²) in [6.45, 7) is 12.9. The van der Waals surface area contributed by atoms with Gasteiger partial charge in [-0.15, -0.1) is 0 Å². The Hall–Kier alpha value is -0.850. The Labute approximate surface area is 140 Å². The summed E-state index contributed by atoms with van der Waals surface area (Å²) >= 11 is 0. The van der Waals surface area contributed by atoms with Crippen molar-refractivity contribution in [2.45, 2.75) is 70.9 Å².